The van der Waals surface area contributed by atoms with Gasteiger partial charge in [0, 0.05) is 24.6 Å². The third kappa shape index (κ3) is 5.95. The summed E-state index contributed by atoms with van der Waals surface area (Å²) in [6, 6.07) is 11.5. The van der Waals surface area contributed by atoms with Crippen molar-refractivity contribution < 1.29 is 13.3 Å². The first-order valence-corrected chi connectivity index (χ1v) is 10.5. The van der Waals surface area contributed by atoms with E-state index in [4.69, 9.17) is 5.73 Å². The van der Waals surface area contributed by atoms with Crippen molar-refractivity contribution in [3.63, 3.8) is 0 Å². The number of nitrogens with two attached hydrogens (primary N) is 1. The van der Waals surface area contributed by atoms with Gasteiger partial charge in [-0.15, -0.1) is 0 Å². The first-order chi connectivity index (χ1) is 13.2. The van der Waals surface area contributed by atoms with E-state index in [-0.39, 0.29) is 35.3 Å². The Labute approximate surface area is 163 Å². The van der Waals surface area contributed by atoms with Gasteiger partial charge in [-0.25, -0.2) is 8.42 Å². The Kier molecular flexibility index (Phi) is 6.94. The van der Waals surface area contributed by atoms with Gasteiger partial charge in [0.05, 0.1) is 16.4 Å². The minimum Gasteiger partial charge on any atom is -0.378 e. The number of hydrogen-bond acceptors (Lipinski definition) is 6. The van der Waals surface area contributed by atoms with E-state index in [2.05, 4.69) is 22.5 Å². The summed E-state index contributed by atoms with van der Waals surface area (Å²) in [7, 11) is -3.53. The van der Waals surface area contributed by atoms with E-state index >= 15 is 0 Å². The predicted molar refractivity (Wildman–Crippen MR) is 111 cm³/mol. The molecule has 0 aliphatic carbocycles. The van der Waals surface area contributed by atoms with Crippen LogP contribution in [-0.2, 0) is 16.3 Å². The van der Waals surface area contributed by atoms with Crippen LogP contribution in [0.1, 0.15) is 12.5 Å². The molecule has 10 heteroatoms. The maximum absolute atomic E-state index is 11.6. The molecule has 0 amide bonds. The van der Waals surface area contributed by atoms with Crippen LogP contribution in [0.15, 0.2) is 52.4 Å². The normalized spacial score (nSPS) is 11.9. The summed E-state index contributed by atoms with van der Waals surface area (Å²) < 4.78 is 23.1. The van der Waals surface area contributed by atoms with Gasteiger partial charge in [0.25, 0.3) is 5.69 Å². The smallest absolute Gasteiger partial charge is 0.293 e. The van der Waals surface area contributed by atoms with E-state index in [0.717, 1.165) is 24.4 Å². The van der Waals surface area contributed by atoms with Gasteiger partial charge >= 0.3 is 0 Å². The van der Waals surface area contributed by atoms with Gasteiger partial charge in [0.15, 0.2) is 15.8 Å². The number of nitro groups is 1. The fourth-order valence-corrected chi connectivity index (χ4v) is 3.06. The summed E-state index contributed by atoms with van der Waals surface area (Å²) in [5.41, 5.74) is 7.78. The summed E-state index contributed by atoms with van der Waals surface area (Å²) in [6.07, 6.45) is 1.95. The number of sulfone groups is 1. The monoisotopic (exact) mass is 405 g/mol. The average molecular weight is 405 g/mol. The lowest BCUT2D eigenvalue weighted by atomic mass is 10.1. The zero-order chi connectivity index (χ0) is 20.7. The molecular weight excluding hydrogens is 382 g/mol. The van der Waals surface area contributed by atoms with E-state index in [9.17, 15) is 18.5 Å². The number of rotatable bonds is 8. The minimum absolute atomic E-state index is 0.106. The van der Waals surface area contributed by atoms with Crippen LogP contribution in [0.25, 0.3) is 0 Å². The highest BCUT2D eigenvalue weighted by atomic mass is 32.2. The first-order valence-electron chi connectivity index (χ1n) is 8.59. The molecule has 0 heterocycles. The fraction of sp³-hybridized carbons (Fsp3) is 0.278. The average Bonchev–Trinajstić information content (AvgIpc) is 2.65. The highest BCUT2D eigenvalue weighted by Gasteiger charge is 2.18. The van der Waals surface area contributed by atoms with Crippen molar-refractivity contribution in [2.24, 2.45) is 10.7 Å². The Balaban J connectivity index is 1.96. The van der Waals surface area contributed by atoms with Crippen molar-refractivity contribution in [1.82, 2.24) is 0 Å². The minimum atomic E-state index is -3.53. The van der Waals surface area contributed by atoms with Crippen LogP contribution >= 0.6 is 0 Å². The Morgan fingerprint density at radius 1 is 1.21 bits per heavy atom. The van der Waals surface area contributed by atoms with Crippen molar-refractivity contribution in [1.29, 1.82) is 0 Å². The molecule has 4 N–H and O–H groups in total. The third-order valence-corrected chi connectivity index (χ3v) is 5.05. The zero-order valence-corrected chi connectivity index (χ0v) is 16.5. The molecule has 0 saturated heterocycles. The number of nitrogens with one attached hydrogen (secondary N) is 2. The summed E-state index contributed by atoms with van der Waals surface area (Å²) >= 11 is 0. The molecule has 0 atom stereocenters. The van der Waals surface area contributed by atoms with E-state index in [1.54, 1.807) is 0 Å². The quantitative estimate of drug-likeness (QED) is 0.201. The highest BCUT2D eigenvalue weighted by molar-refractivity contribution is 7.90. The molecule has 2 aromatic rings. The molecule has 0 fully saturated rings. The van der Waals surface area contributed by atoms with E-state index in [1.807, 2.05) is 24.3 Å². The Morgan fingerprint density at radius 3 is 2.46 bits per heavy atom. The predicted octanol–water partition coefficient (Wildman–Crippen LogP) is 2.40. The topological polar surface area (TPSA) is 140 Å². The Bertz CT molecular complexity index is 972. The molecule has 150 valence electrons. The number of nitro benzene ring substituents is 1. The summed E-state index contributed by atoms with van der Waals surface area (Å²) in [6.45, 7) is 2.64. The second kappa shape index (κ2) is 9.18. The molecule has 0 saturated carbocycles. The standard InChI is InChI=1S/C18H23N5O4S/c1-3-13-4-6-14(7-5-13)22-18(19)21-11-10-20-16-9-8-15(28(2,26)27)12-17(16)23(24)25/h4-9,12,20H,3,10-11H2,1-2H3,(H3,19,21,22). The number of nitrogens with zero attached hydrogens (tertiary/aromatic N) is 2. The van der Waals surface area contributed by atoms with Crippen LogP contribution in [0.3, 0.4) is 0 Å². The maximum atomic E-state index is 11.6. The number of aliphatic imine (C=N–C) groups is 1. The lowest BCUT2D eigenvalue weighted by Gasteiger charge is -2.08. The molecular formula is C18H23N5O4S. The van der Waals surface area contributed by atoms with Crippen LogP contribution < -0.4 is 16.4 Å². The van der Waals surface area contributed by atoms with E-state index in [0.29, 0.717) is 0 Å². The van der Waals surface area contributed by atoms with Gasteiger partial charge in [-0.1, -0.05) is 19.1 Å². The summed E-state index contributed by atoms with van der Waals surface area (Å²) in [5, 5.41) is 17.1. The van der Waals surface area contributed by atoms with Gasteiger partial charge in [0.2, 0.25) is 0 Å². The zero-order valence-electron chi connectivity index (χ0n) is 15.7. The molecule has 9 nitrogen and oxygen atoms in total. The number of benzene rings is 2. The summed E-state index contributed by atoms with van der Waals surface area (Å²) in [5.74, 6) is 0.230. The molecule has 0 aliphatic rings. The second-order valence-corrected chi connectivity index (χ2v) is 8.09. The number of hydrogen-bond donors (Lipinski definition) is 3. The van der Waals surface area contributed by atoms with Crippen molar-refractivity contribution in [3.8, 4) is 0 Å². The Morgan fingerprint density at radius 2 is 1.89 bits per heavy atom. The molecule has 0 aromatic heterocycles. The van der Waals surface area contributed by atoms with Crippen LogP contribution in [0.5, 0.6) is 0 Å². The van der Waals surface area contributed by atoms with Crippen LogP contribution in [0.2, 0.25) is 0 Å². The highest BCUT2D eigenvalue weighted by Crippen LogP contribution is 2.27. The molecule has 0 aliphatic heterocycles. The largest absolute Gasteiger partial charge is 0.378 e. The van der Waals surface area contributed by atoms with Crippen LogP contribution in [0.4, 0.5) is 17.1 Å². The molecule has 0 spiro atoms. The van der Waals surface area contributed by atoms with Crippen LogP contribution in [0, 0.1) is 10.1 Å². The van der Waals surface area contributed by atoms with Gasteiger partial charge < -0.3 is 16.4 Å². The molecule has 2 rings (SSSR count). The van der Waals surface area contributed by atoms with E-state index < -0.39 is 14.8 Å². The van der Waals surface area contributed by atoms with Crippen molar-refractivity contribution in [2.45, 2.75) is 18.2 Å². The van der Waals surface area contributed by atoms with Crippen molar-refractivity contribution in [2.75, 3.05) is 30.0 Å². The van der Waals surface area contributed by atoms with Gasteiger partial charge in [-0.3, -0.25) is 15.1 Å². The fourth-order valence-electron chi connectivity index (χ4n) is 2.42. The number of anilines is 2. The van der Waals surface area contributed by atoms with Crippen LogP contribution in [-0.4, -0.2) is 38.6 Å². The molecule has 28 heavy (non-hydrogen) atoms. The lowest BCUT2D eigenvalue weighted by Crippen LogP contribution is -2.23. The van der Waals surface area contributed by atoms with Crippen molar-refractivity contribution >= 4 is 32.9 Å². The van der Waals surface area contributed by atoms with Gasteiger partial charge in [-0.2, -0.15) is 0 Å². The third-order valence-electron chi connectivity index (χ3n) is 3.94. The molecule has 2 aromatic carbocycles. The van der Waals surface area contributed by atoms with Crippen molar-refractivity contribution in [3.05, 3.63) is 58.1 Å². The molecule has 0 radical (unpaired) electrons. The molecule has 0 unspecified atom stereocenters. The SMILES string of the molecule is CCc1ccc(NC(N)=NCCNc2ccc(S(C)(=O)=O)cc2[N+](=O)[O-])cc1. The number of aryl methyl sites for hydroxylation is 1. The van der Waals surface area contributed by atoms with Gasteiger partial charge in [-0.05, 0) is 36.2 Å². The number of guanidine groups is 1. The molecule has 0 bridgehead atoms. The summed E-state index contributed by atoms with van der Waals surface area (Å²) in [4.78, 5) is 14.6. The first kappa shape index (κ1) is 21.2. The Hall–Kier alpha value is -3.14. The second-order valence-electron chi connectivity index (χ2n) is 6.08. The maximum Gasteiger partial charge on any atom is 0.293 e. The lowest BCUT2D eigenvalue weighted by molar-refractivity contribution is -0.384. The van der Waals surface area contributed by atoms with Gasteiger partial charge in [0.1, 0.15) is 5.69 Å². The van der Waals surface area contributed by atoms with E-state index in [1.165, 1.54) is 17.7 Å².